The molecule has 4 heteroatoms. The summed E-state index contributed by atoms with van der Waals surface area (Å²) in [6.45, 7) is 6.38. The second-order valence-corrected chi connectivity index (χ2v) is 2.94. The van der Waals surface area contributed by atoms with Gasteiger partial charge in [0.2, 0.25) is 0 Å². The molecule has 0 bridgehead atoms. The molecule has 0 amide bonds. The molecule has 0 saturated heterocycles. The van der Waals surface area contributed by atoms with E-state index in [1.54, 1.807) is 17.9 Å². The molecule has 0 aliphatic rings. The first-order valence-corrected chi connectivity index (χ1v) is 3.84. The lowest BCUT2D eigenvalue weighted by Crippen LogP contribution is -2.22. The van der Waals surface area contributed by atoms with E-state index >= 15 is 0 Å². The Labute approximate surface area is 71.1 Å². The van der Waals surface area contributed by atoms with Gasteiger partial charge in [-0.25, -0.2) is 9.48 Å². The van der Waals surface area contributed by atoms with Crippen molar-refractivity contribution in [2.75, 3.05) is 0 Å². The van der Waals surface area contributed by atoms with E-state index in [4.69, 9.17) is 0 Å². The van der Waals surface area contributed by atoms with Crippen molar-refractivity contribution >= 4 is 0 Å². The largest absolute Gasteiger partial charge is 0.345 e. The lowest BCUT2D eigenvalue weighted by atomic mass is 10.2. The molecule has 66 valence electrons. The van der Waals surface area contributed by atoms with Crippen LogP contribution in [0, 0.1) is 0 Å². The number of rotatable bonds is 3. The quantitative estimate of drug-likeness (QED) is 0.617. The van der Waals surface area contributed by atoms with Crippen LogP contribution in [0.1, 0.15) is 13.3 Å². The minimum Gasteiger partial charge on any atom is -0.281 e. The zero-order chi connectivity index (χ0) is 9.14. The standard InChI is InChI=1S/C8H13N3O/c1-7(2)4-5-11-6-9-10(3)8(11)12/h6H,1,4-5H2,2-3H3. The third-order valence-corrected chi connectivity index (χ3v) is 1.67. The highest BCUT2D eigenvalue weighted by Crippen LogP contribution is 1.96. The summed E-state index contributed by atoms with van der Waals surface area (Å²) in [5.41, 5.74) is 1.00. The predicted octanol–water partition coefficient (Wildman–Crippen LogP) is 0.548. The Morgan fingerprint density at radius 1 is 1.75 bits per heavy atom. The molecule has 0 unspecified atom stereocenters. The molecule has 1 aromatic heterocycles. The molecule has 0 N–H and O–H groups in total. The molecule has 1 rings (SSSR count). The zero-order valence-electron chi connectivity index (χ0n) is 7.45. The summed E-state index contributed by atoms with van der Waals surface area (Å²) in [5, 5.41) is 3.83. The van der Waals surface area contributed by atoms with Crippen LogP contribution in [-0.2, 0) is 13.6 Å². The average Bonchev–Trinajstić information content (AvgIpc) is 2.30. The van der Waals surface area contributed by atoms with Gasteiger partial charge in [-0.1, -0.05) is 5.57 Å². The Morgan fingerprint density at radius 3 is 2.83 bits per heavy atom. The molecule has 1 heterocycles. The topological polar surface area (TPSA) is 39.8 Å². The van der Waals surface area contributed by atoms with E-state index in [-0.39, 0.29) is 5.69 Å². The molecule has 0 aliphatic carbocycles. The van der Waals surface area contributed by atoms with Gasteiger partial charge in [0.25, 0.3) is 0 Å². The van der Waals surface area contributed by atoms with Gasteiger partial charge in [-0.3, -0.25) is 4.57 Å². The Morgan fingerprint density at radius 2 is 2.42 bits per heavy atom. The maximum Gasteiger partial charge on any atom is 0.345 e. The monoisotopic (exact) mass is 167 g/mol. The predicted molar refractivity (Wildman–Crippen MR) is 46.9 cm³/mol. The normalized spacial score (nSPS) is 10.2. The maximum atomic E-state index is 11.2. The van der Waals surface area contributed by atoms with Crippen LogP contribution in [0.25, 0.3) is 0 Å². The van der Waals surface area contributed by atoms with Gasteiger partial charge in [0, 0.05) is 13.6 Å². The highest BCUT2D eigenvalue weighted by atomic mass is 16.2. The summed E-state index contributed by atoms with van der Waals surface area (Å²) in [4.78, 5) is 11.2. The van der Waals surface area contributed by atoms with Gasteiger partial charge in [0.05, 0.1) is 0 Å². The van der Waals surface area contributed by atoms with E-state index < -0.39 is 0 Å². The average molecular weight is 167 g/mol. The van der Waals surface area contributed by atoms with Crippen LogP contribution in [0.15, 0.2) is 23.3 Å². The Balaban J connectivity index is 2.70. The van der Waals surface area contributed by atoms with E-state index in [0.29, 0.717) is 6.54 Å². The van der Waals surface area contributed by atoms with Crippen molar-refractivity contribution in [1.82, 2.24) is 14.3 Å². The van der Waals surface area contributed by atoms with Crippen LogP contribution in [0.4, 0.5) is 0 Å². The van der Waals surface area contributed by atoms with Crippen LogP contribution < -0.4 is 5.69 Å². The number of hydrogen-bond donors (Lipinski definition) is 0. The molecule has 4 nitrogen and oxygen atoms in total. The fourth-order valence-electron chi connectivity index (χ4n) is 0.889. The first-order chi connectivity index (χ1) is 5.61. The fraction of sp³-hybridized carbons (Fsp3) is 0.500. The molecule has 0 spiro atoms. The lowest BCUT2D eigenvalue weighted by molar-refractivity contribution is 0.642. The molecular formula is C8H13N3O. The number of nitrogens with zero attached hydrogens (tertiary/aromatic N) is 3. The van der Waals surface area contributed by atoms with Crippen molar-refractivity contribution in [2.24, 2.45) is 7.05 Å². The first-order valence-electron chi connectivity index (χ1n) is 3.84. The third kappa shape index (κ3) is 1.84. The zero-order valence-corrected chi connectivity index (χ0v) is 7.45. The molecule has 0 aromatic carbocycles. The van der Waals surface area contributed by atoms with E-state index in [2.05, 4.69) is 11.7 Å². The van der Waals surface area contributed by atoms with E-state index in [9.17, 15) is 4.79 Å². The van der Waals surface area contributed by atoms with Gasteiger partial charge in [0.15, 0.2) is 0 Å². The summed E-state index contributed by atoms with van der Waals surface area (Å²) >= 11 is 0. The highest BCUT2D eigenvalue weighted by molar-refractivity contribution is 4.87. The number of aryl methyl sites for hydroxylation is 2. The second kappa shape index (κ2) is 3.38. The summed E-state index contributed by atoms with van der Waals surface area (Å²) < 4.78 is 2.90. The summed E-state index contributed by atoms with van der Waals surface area (Å²) in [6.07, 6.45) is 2.37. The number of allylic oxidation sites excluding steroid dienone is 1. The second-order valence-electron chi connectivity index (χ2n) is 2.94. The summed E-state index contributed by atoms with van der Waals surface area (Å²) in [5.74, 6) is 0. The van der Waals surface area contributed by atoms with Crippen molar-refractivity contribution in [3.63, 3.8) is 0 Å². The van der Waals surface area contributed by atoms with Crippen LogP contribution >= 0.6 is 0 Å². The number of hydrogen-bond acceptors (Lipinski definition) is 2. The molecule has 0 fully saturated rings. The third-order valence-electron chi connectivity index (χ3n) is 1.67. The van der Waals surface area contributed by atoms with Gasteiger partial charge in [-0.15, -0.1) is 6.58 Å². The fourth-order valence-corrected chi connectivity index (χ4v) is 0.889. The summed E-state index contributed by atoms with van der Waals surface area (Å²) in [6, 6.07) is 0. The molecule has 0 radical (unpaired) electrons. The van der Waals surface area contributed by atoms with Crippen molar-refractivity contribution in [2.45, 2.75) is 19.9 Å². The van der Waals surface area contributed by atoms with Gasteiger partial charge in [-0.05, 0) is 13.3 Å². The maximum absolute atomic E-state index is 11.2. The van der Waals surface area contributed by atoms with Crippen LogP contribution in [0.3, 0.4) is 0 Å². The molecule has 0 atom stereocenters. The van der Waals surface area contributed by atoms with Gasteiger partial charge < -0.3 is 0 Å². The Kier molecular flexibility index (Phi) is 2.47. The van der Waals surface area contributed by atoms with Gasteiger partial charge in [-0.2, -0.15) is 5.10 Å². The van der Waals surface area contributed by atoms with Crippen LogP contribution in [0.2, 0.25) is 0 Å². The minimum absolute atomic E-state index is 0.0729. The van der Waals surface area contributed by atoms with E-state index in [0.717, 1.165) is 12.0 Å². The van der Waals surface area contributed by atoms with Crippen molar-refractivity contribution in [3.05, 3.63) is 29.0 Å². The van der Waals surface area contributed by atoms with E-state index in [1.165, 1.54) is 4.68 Å². The summed E-state index contributed by atoms with van der Waals surface area (Å²) in [7, 11) is 1.64. The SMILES string of the molecule is C=C(C)CCn1cnn(C)c1=O. The molecule has 0 aliphatic heterocycles. The van der Waals surface area contributed by atoms with Crippen molar-refractivity contribution < 1.29 is 0 Å². The van der Waals surface area contributed by atoms with Crippen LogP contribution in [0.5, 0.6) is 0 Å². The highest BCUT2D eigenvalue weighted by Gasteiger charge is 1.99. The number of aromatic nitrogens is 3. The molecule has 1 aromatic rings. The van der Waals surface area contributed by atoms with Crippen LogP contribution in [-0.4, -0.2) is 14.3 Å². The first kappa shape index (κ1) is 8.77. The Hall–Kier alpha value is -1.32. The van der Waals surface area contributed by atoms with E-state index in [1.807, 2.05) is 6.92 Å². The lowest BCUT2D eigenvalue weighted by Gasteiger charge is -1.98. The molecule has 12 heavy (non-hydrogen) atoms. The van der Waals surface area contributed by atoms with Gasteiger partial charge >= 0.3 is 5.69 Å². The van der Waals surface area contributed by atoms with Crippen molar-refractivity contribution in [1.29, 1.82) is 0 Å². The molecular weight excluding hydrogens is 154 g/mol. The Bertz CT molecular complexity index is 334. The van der Waals surface area contributed by atoms with Gasteiger partial charge in [0.1, 0.15) is 6.33 Å². The smallest absolute Gasteiger partial charge is 0.281 e. The minimum atomic E-state index is -0.0729. The molecule has 0 saturated carbocycles. The van der Waals surface area contributed by atoms with Crippen molar-refractivity contribution in [3.8, 4) is 0 Å².